The molecule has 5 heteroatoms. The van der Waals surface area contributed by atoms with Gasteiger partial charge in [0.15, 0.2) is 0 Å². The van der Waals surface area contributed by atoms with Crippen LogP contribution in [0.25, 0.3) is 0 Å². The van der Waals surface area contributed by atoms with E-state index in [-0.39, 0.29) is 24.0 Å². The Morgan fingerprint density at radius 3 is 2.67 bits per heavy atom. The highest BCUT2D eigenvalue weighted by Crippen LogP contribution is 2.50. The first-order chi connectivity index (χ1) is 9.73. The molecule has 2 rings (SSSR count). The van der Waals surface area contributed by atoms with E-state index in [0.29, 0.717) is 18.7 Å². The van der Waals surface area contributed by atoms with Crippen molar-refractivity contribution < 1.29 is 14.6 Å². The van der Waals surface area contributed by atoms with Crippen molar-refractivity contribution >= 4 is 5.91 Å². The first kappa shape index (κ1) is 16.0. The van der Waals surface area contributed by atoms with E-state index in [1.165, 1.54) is 0 Å². The monoisotopic (exact) mass is 294 g/mol. The first-order valence-electron chi connectivity index (χ1n) is 7.47. The Morgan fingerprint density at radius 2 is 2.19 bits per heavy atom. The molecular weight excluding hydrogens is 268 g/mol. The lowest BCUT2D eigenvalue weighted by molar-refractivity contribution is -0.237. The molecule has 0 bridgehead atoms. The molecule has 1 aromatic rings. The minimum absolute atomic E-state index is 0.0432. The van der Waals surface area contributed by atoms with Crippen LogP contribution in [0.1, 0.15) is 43.4 Å². The summed E-state index contributed by atoms with van der Waals surface area (Å²) in [5, 5.41) is 13.6. The molecule has 2 atom stereocenters. The second-order valence-corrected chi connectivity index (χ2v) is 6.50. The van der Waals surface area contributed by atoms with E-state index in [4.69, 9.17) is 4.74 Å². The van der Waals surface area contributed by atoms with Crippen LogP contribution in [0, 0.1) is 12.3 Å². The van der Waals surface area contributed by atoms with Crippen molar-refractivity contribution in [1.29, 1.82) is 0 Å². The second-order valence-electron chi connectivity index (χ2n) is 6.50. The number of aryl methyl sites for hydroxylation is 1. The summed E-state index contributed by atoms with van der Waals surface area (Å²) < 4.78 is 7.47. The maximum Gasteiger partial charge on any atom is 0.268 e. The molecule has 0 aliphatic heterocycles. The lowest BCUT2D eigenvalue weighted by atomic mass is 9.56. The lowest BCUT2D eigenvalue weighted by Gasteiger charge is -2.57. The normalized spacial score (nSPS) is 27.2. The Balaban J connectivity index is 1.97. The summed E-state index contributed by atoms with van der Waals surface area (Å²) in [5.41, 5.74) is 0.358. The molecule has 1 aromatic heterocycles. The third-order valence-corrected chi connectivity index (χ3v) is 5.04. The van der Waals surface area contributed by atoms with E-state index in [0.717, 1.165) is 5.69 Å². The number of aliphatic hydroxyl groups is 1. The number of amides is 1. The van der Waals surface area contributed by atoms with Gasteiger partial charge < -0.3 is 19.7 Å². The van der Waals surface area contributed by atoms with E-state index in [1.807, 2.05) is 45.4 Å². The number of hydrogen-bond donors (Lipinski definition) is 2. The fourth-order valence-electron chi connectivity index (χ4n) is 2.92. The van der Waals surface area contributed by atoms with Crippen LogP contribution in [0.3, 0.4) is 0 Å². The minimum atomic E-state index is -0.914. The van der Waals surface area contributed by atoms with E-state index >= 15 is 0 Å². The summed E-state index contributed by atoms with van der Waals surface area (Å²) in [4.78, 5) is 12.2. The van der Waals surface area contributed by atoms with Gasteiger partial charge in [0.2, 0.25) is 0 Å². The highest BCUT2D eigenvalue weighted by Gasteiger charge is 2.59. The summed E-state index contributed by atoms with van der Waals surface area (Å²) in [6, 6.07) is 3.70. The molecule has 1 heterocycles. The summed E-state index contributed by atoms with van der Waals surface area (Å²) in [5.74, 6) is -0.158. The number of aromatic nitrogens is 1. The first-order valence-corrected chi connectivity index (χ1v) is 7.47. The van der Waals surface area contributed by atoms with Gasteiger partial charge in [0.1, 0.15) is 5.69 Å². The summed E-state index contributed by atoms with van der Waals surface area (Å²) in [7, 11) is 1.86. The van der Waals surface area contributed by atoms with Crippen LogP contribution in [0.4, 0.5) is 0 Å². The Morgan fingerprint density at radius 1 is 1.52 bits per heavy atom. The molecule has 0 saturated heterocycles. The molecule has 0 radical (unpaired) electrons. The number of nitrogens with zero attached hydrogens (tertiary/aromatic N) is 1. The van der Waals surface area contributed by atoms with Gasteiger partial charge in [-0.2, -0.15) is 0 Å². The molecule has 1 aliphatic rings. The number of carbonyl (C=O) groups is 1. The van der Waals surface area contributed by atoms with Gasteiger partial charge in [0.25, 0.3) is 5.91 Å². The Bertz CT molecular complexity index is 536. The third-order valence-electron chi connectivity index (χ3n) is 5.04. The van der Waals surface area contributed by atoms with Crippen LogP contribution in [0.15, 0.2) is 12.1 Å². The van der Waals surface area contributed by atoms with Gasteiger partial charge in [-0.15, -0.1) is 0 Å². The predicted molar refractivity (Wildman–Crippen MR) is 81.2 cm³/mol. The van der Waals surface area contributed by atoms with Crippen molar-refractivity contribution in [3.63, 3.8) is 0 Å². The second kappa shape index (κ2) is 5.46. The van der Waals surface area contributed by atoms with Crippen LogP contribution >= 0.6 is 0 Å². The number of hydrogen-bond acceptors (Lipinski definition) is 3. The van der Waals surface area contributed by atoms with E-state index < -0.39 is 5.60 Å². The topological polar surface area (TPSA) is 63.5 Å². The standard InChI is InChI=1S/C16H26N2O3/c1-6-21-13-9-16(20,15(13,3)4)10-17-14(19)12-8-7-11(2)18(12)5/h7-8,13,20H,6,9-10H2,1-5H3,(H,17,19)/t13-,16+/m0/s1. The Hall–Kier alpha value is -1.33. The molecule has 1 amide bonds. The van der Waals surface area contributed by atoms with Crippen LogP contribution in [0.2, 0.25) is 0 Å². The average Bonchev–Trinajstić information content (AvgIpc) is 2.76. The summed E-state index contributed by atoms with van der Waals surface area (Å²) in [6.45, 7) is 8.75. The van der Waals surface area contributed by atoms with Crippen molar-refractivity contribution in [3.05, 3.63) is 23.5 Å². The maximum absolute atomic E-state index is 12.2. The largest absolute Gasteiger partial charge is 0.387 e. The number of rotatable bonds is 5. The van der Waals surface area contributed by atoms with Gasteiger partial charge in [-0.05, 0) is 26.0 Å². The molecule has 0 unspecified atom stereocenters. The average molecular weight is 294 g/mol. The lowest BCUT2D eigenvalue weighted by Crippen LogP contribution is -2.68. The van der Waals surface area contributed by atoms with E-state index in [1.54, 1.807) is 6.07 Å². The van der Waals surface area contributed by atoms with Gasteiger partial charge in [0.05, 0.1) is 11.7 Å². The molecule has 1 aliphatic carbocycles. The molecule has 0 spiro atoms. The molecule has 118 valence electrons. The molecule has 21 heavy (non-hydrogen) atoms. The fourth-order valence-corrected chi connectivity index (χ4v) is 2.92. The molecule has 1 saturated carbocycles. The van der Waals surface area contributed by atoms with Crippen molar-refractivity contribution in [2.24, 2.45) is 12.5 Å². The molecule has 0 aromatic carbocycles. The highest BCUT2D eigenvalue weighted by molar-refractivity contribution is 5.92. The molecule has 2 N–H and O–H groups in total. The van der Waals surface area contributed by atoms with Gasteiger partial charge >= 0.3 is 0 Å². The number of ether oxygens (including phenoxy) is 1. The zero-order valence-corrected chi connectivity index (χ0v) is 13.6. The van der Waals surface area contributed by atoms with E-state index in [2.05, 4.69) is 5.32 Å². The third kappa shape index (κ3) is 2.60. The Kier molecular flexibility index (Phi) is 4.17. The fraction of sp³-hybridized carbons (Fsp3) is 0.688. The molecule has 5 nitrogen and oxygen atoms in total. The van der Waals surface area contributed by atoms with Crippen LogP contribution in [-0.4, -0.2) is 40.4 Å². The number of nitrogens with one attached hydrogen (secondary N) is 1. The van der Waals surface area contributed by atoms with Crippen LogP contribution < -0.4 is 5.32 Å². The maximum atomic E-state index is 12.2. The molecular formula is C16H26N2O3. The summed E-state index contributed by atoms with van der Waals surface area (Å²) >= 11 is 0. The van der Waals surface area contributed by atoms with Gasteiger partial charge in [-0.1, -0.05) is 13.8 Å². The smallest absolute Gasteiger partial charge is 0.268 e. The summed E-state index contributed by atoms with van der Waals surface area (Å²) in [6.07, 6.45) is 0.599. The van der Waals surface area contributed by atoms with Gasteiger partial charge in [-0.25, -0.2) is 0 Å². The predicted octanol–water partition coefficient (Wildman–Crippen LogP) is 1.63. The van der Waals surface area contributed by atoms with Crippen LogP contribution in [-0.2, 0) is 11.8 Å². The van der Waals surface area contributed by atoms with Crippen molar-refractivity contribution in [2.75, 3.05) is 13.2 Å². The van der Waals surface area contributed by atoms with Crippen molar-refractivity contribution in [2.45, 2.75) is 45.8 Å². The van der Waals surface area contributed by atoms with Gasteiger partial charge in [-0.3, -0.25) is 4.79 Å². The van der Waals surface area contributed by atoms with Crippen molar-refractivity contribution in [1.82, 2.24) is 9.88 Å². The number of carbonyl (C=O) groups excluding carboxylic acids is 1. The zero-order valence-electron chi connectivity index (χ0n) is 13.6. The van der Waals surface area contributed by atoms with Crippen molar-refractivity contribution in [3.8, 4) is 0 Å². The Labute approximate surface area is 126 Å². The quantitative estimate of drug-likeness (QED) is 0.867. The van der Waals surface area contributed by atoms with Gasteiger partial charge in [0, 0.05) is 37.7 Å². The SMILES string of the molecule is CCO[C@H]1C[C@@](O)(CNC(=O)c2ccc(C)n2C)C1(C)C. The minimum Gasteiger partial charge on any atom is -0.387 e. The zero-order chi connectivity index (χ0) is 15.8. The van der Waals surface area contributed by atoms with Crippen LogP contribution in [0.5, 0.6) is 0 Å². The molecule has 1 fully saturated rings. The van der Waals surface area contributed by atoms with E-state index in [9.17, 15) is 9.90 Å². The highest BCUT2D eigenvalue weighted by atomic mass is 16.5.